The van der Waals surface area contributed by atoms with Gasteiger partial charge in [0, 0.05) is 17.8 Å². The number of aromatic nitrogens is 2. The highest BCUT2D eigenvalue weighted by atomic mass is 19.2. The van der Waals surface area contributed by atoms with Crippen LogP contribution in [0.3, 0.4) is 0 Å². The number of carbonyl (C=O) groups excluding carboxylic acids is 2. The molecule has 8 nitrogen and oxygen atoms in total. The first-order valence-electron chi connectivity index (χ1n) is 9.34. The summed E-state index contributed by atoms with van der Waals surface area (Å²) in [6.45, 7) is 4.88. The summed E-state index contributed by atoms with van der Waals surface area (Å²) in [5.74, 6) is -4.73. The maximum atomic E-state index is 13.4. The first-order chi connectivity index (χ1) is 14.2. The number of benzene rings is 1. The molecule has 11 heteroatoms. The molecule has 2 aromatic rings. The van der Waals surface area contributed by atoms with E-state index in [0.717, 1.165) is 0 Å². The van der Waals surface area contributed by atoms with Gasteiger partial charge in [-0.2, -0.15) is 5.10 Å². The van der Waals surface area contributed by atoms with Gasteiger partial charge in [-0.3, -0.25) is 9.48 Å². The zero-order chi connectivity index (χ0) is 21.6. The number of hydrogen-bond donors (Lipinski definition) is 2. The SMILES string of the molecule is C[C@H]1Cn2ncc(C(=O)NC3(C)COC3)c2CN1C(=O)Nc1cc(F)c(F)c(F)c1. The van der Waals surface area contributed by atoms with Crippen LogP contribution in [0.25, 0.3) is 0 Å². The number of nitrogens with zero attached hydrogens (tertiary/aromatic N) is 3. The number of amides is 3. The molecule has 1 atom stereocenters. The van der Waals surface area contributed by atoms with Crippen molar-refractivity contribution in [2.45, 2.75) is 38.5 Å². The Bertz CT molecular complexity index is 998. The number of carbonyl (C=O) groups is 2. The molecule has 0 spiro atoms. The fourth-order valence-corrected chi connectivity index (χ4v) is 3.51. The average Bonchev–Trinajstić information content (AvgIpc) is 3.06. The van der Waals surface area contributed by atoms with E-state index in [1.54, 1.807) is 11.6 Å². The molecule has 1 fully saturated rings. The van der Waals surface area contributed by atoms with Crippen LogP contribution in [0.4, 0.5) is 23.7 Å². The van der Waals surface area contributed by atoms with Crippen molar-refractivity contribution < 1.29 is 27.5 Å². The van der Waals surface area contributed by atoms with Crippen molar-refractivity contribution in [1.29, 1.82) is 0 Å². The second-order valence-corrected chi connectivity index (χ2v) is 7.86. The van der Waals surface area contributed by atoms with Gasteiger partial charge < -0.3 is 20.3 Å². The Hall–Kier alpha value is -3.08. The highest BCUT2D eigenvalue weighted by Gasteiger charge is 2.37. The van der Waals surface area contributed by atoms with Crippen LogP contribution in [0.1, 0.15) is 29.9 Å². The number of nitrogens with one attached hydrogen (secondary N) is 2. The summed E-state index contributed by atoms with van der Waals surface area (Å²) in [4.78, 5) is 26.8. The lowest BCUT2D eigenvalue weighted by Crippen LogP contribution is -2.60. The maximum Gasteiger partial charge on any atom is 0.322 e. The van der Waals surface area contributed by atoms with Gasteiger partial charge in [0.2, 0.25) is 0 Å². The summed E-state index contributed by atoms with van der Waals surface area (Å²) in [5.41, 5.74) is 0.230. The standard InChI is InChI=1S/C19H20F3N5O3/c1-10-6-27-15(12(5-23-27)17(28)25-19(2)8-30-9-19)7-26(10)18(29)24-11-3-13(20)16(22)14(21)4-11/h3-5,10H,6-9H2,1-2H3,(H,24,29)(H,25,28)/t10-/m0/s1. The molecule has 30 heavy (non-hydrogen) atoms. The molecule has 4 rings (SSSR count). The molecule has 3 heterocycles. The van der Waals surface area contributed by atoms with Crippen LogP contribution < -0.4 is 10.6 Å². The Morgan fingerprint density at radius 1 is 1.23 bits per heavy atom. The normalized spacial score (nSPS) is 19.6. The van der Waals surface area contributed by atoms with Gasteiger partial charge in [0.05, 0.1) is 55.3 Å². The number of halogens is 3. The number of anilines is 1. The third-order valence-electron chi connectivity index (χ3n) is 5.24. The van der Waals surface area contributed by atoms with E-state index in [1.165, 1.54) is 11.1 Å². The lowest BCUT2D eigenvalue weighted by molar-refractivity contribution is -0.0594. The Balaban J connectivity index is 1.52. The predicted octanol–water partition coefficient (Wildman–Crippen LogP) is 2.26. The topological polar surface area (TPSA) is 88.5 Å². The largest absolute Gasteiger partial charge is 0.376 e. The maximum absolute atomic E-state index is 13.4. The Morgan fingerprint density at radius 2 is 1.90 bits per heavy atom. The Morgan fingerprint density at radius 3 is 2.50 bits per heavy atom. The zero-order valence-corrected chi connectivity index (χ0v) is 16.3. The fraction of sp³-hybridized carbons (Fsp3) is 0.421. The highest BCUT2D eigenvalue weighted by molar-refractivity contribution is 5.96. The molecule has 0 bridgehead atoms. The Kier molecular flexibility index (Phi) is 4.92. The summed E-state index contributed by atoms with van der Waals surface area (Å²) in [6, 6.07) is 0.470. The van der Waals surface area contributed by atoms with Crippen molar-refractivity contribution in [3.63, 3.8) is 0 Å². The monoisotopic (exact) mass is 423 g/mol. The molecular weight excluding hydrogens is 403 g/mol. The van der Waals surface area contributed by atoms with Crippen molar-refractivity contribution in [3.05, 3.63) is 47.0 Å². The van der Waals surface area contributed by atoms with Crippen molar-refractivity contribution in [1.82, 2.24) is 20.0 Å². The van der Waals surface area contributed by atoms with Crippen LogP contribution in [0.2, 0.25) is 0 Å². The van der Waals surface area contributed by atoms with Crippen LogP contribution >= 0.6 is 0 Å². The number of urea groups is 1. The smallest absolute Gasteiger partial charge is 0.322 e. The van der Waals surface area contributed by atoms with Gasteiger partial charge in [0.1, 0.15) is 0 Å². The lowest BCUT2D eigenvalue weighted by atomic mass is 10.00. The van der Waals surface area contributed by atoms with Gasteiger partial charge in [-0.1, -0.05) is 0 Å². The van der Waals surface area contributed by atoms with Gasteiger partial charge in [-0.05, 0) is 13.8 Å². The lowest BCUT2D eigenvalue weighted by Gasteiger charge is -2.39. The first-order valence-corrected chi connectivity index (χ1v) is 9.34. The Labute approximate surface area is 170 Å². The average molecular weight is 423 g/mol. The summed E-state index contributed by atoms with van der Waals surface area (Å²) in [5, 5.41) is 9.51. The molecule has 1 saturated heterocycles. The van der Waals surface area contributed by atoms with Crippen LogP contribution in [-0.4, -0.2) is 51.4 Å². The molecule has 1 aromatic heterocycles. The third kappa shape index (κ3) is 3.60. The number of rotatable bonds is 3. The molecule has 2 aliphatic heterocycles. The molecule has 2 N–H and O–H groups in total. The number of ether oxygens (including phenoxy) is 1. The number of fused-ring (bicyclic) bond motifs is 1. The molecule has 0 radical (unpaired) electrons. The van der Waals surface area contributed by atoms with E-state index < -0.39 is 29.0 Å². The van der Waals surface area contributed by atoms with Crippen molar-refractivity contribution in [3.8, 4) is 0 Å². The van der Waals surface area contributed by atoms with E-state index in [1.807, 2.05) is 6.92 Å². The van der Waals surface area contributed by atoms with E-state index in [9.17, 15) is 22.8 Å². The summed E-state index contributed by atoms with van der Waals surface area (Å²) < 4.78 is 46.8. The molecule has 1 aromatic carbocycles. The predicted molar refractivity (Wildman–Crippen MR) is 99.3 cm³/mol. The van der Waals surface area contributed by atoms with Gasteiger partial charge in [0.15, 0.2) is 17.5 Å². The van der Waals surface area contributed by atoms with Crippen molar-refractivity contribution in [2.75, 3.05) is 18.5 Å². The van der Waals surface area contributed by atoms with Gasteiger partial charge in [-0.25, -0.2) is 18.0 Å². The minimum Gasteiger partial charge on any atom is -0.376 e. The summed E-state index contributed by atoms with van der Waals surface area (Å²) >= 11 is 0. The molecule has 3 amide bonds. The van der Waals surface area contributed by atoms with E-state index in [-0.39, 0.29) is 24.2 Å². The quantitative estimate of drug-likeness (QED) is 0.742. The van der Waals surface area contributed by atoms with Crippen LogP contribution in [0.15, 0.2) is 18.3 Å². The molecular formula is C19H20F3N5O3. The van der Waals surface area contributed by atoms with Gasteiger partial charge in [-0.15, -0.1) is 0 Å². The fourth-order valence-electron chi connectivity index (χ4n) is 3.51. The first kappa shape index (κ1) is 20.2. The van der Waals surface area contributed by atoms with Crippen LogP contribution in [0, 0.1) is 17.5 Å². The minimum absolute atomic E-state index is 0.0646. The summed E-state index contributed by atoms with van der Waals surface area (Å²) in [6.07, 6.45) is 1.45. The molecule has 0 saturated carbocycles. The third-order valence-corrected chi connectivity index (χ3v) is 5.24. The zero-order valence-electron chi connectivity index (χ0n) is 16.3. The molecule has 2 aliphatic rings. The van der Waals surface area contributed by atoms with Crippen molar-refractivity contribution in [2.24, 2.45) is 0 Å². The van der Waals surface area contributed by atoms with Gasteiger partial charge >= 0.3 is 6.03 Å². The van der Waals surface area contributed by atoms with E-state index in [4.69, 9.17) is 4.74 Å². The molecule has 0 aliphatic carbocycles. The molecule has 0 unspecified atom stereocenters. The van der Waals surface area contributed by atoms with Crippen LogP contribution in [0.5, 0.6) is 0 Å². The van der Waals surface area contributed by atoms with E-state index >= 15 is 0 Å². The van der Waals surface area contributed by atoms with E-state index in [0.29, 0.717) is 43.1 Å². The van der Waals surface area contributed by atoms with E-state index in [2.05, 4.69) is 15.7 Å². The second kappa shape index (κ2) is 7.31. The minimum atomic E-state index is -1.61. The van der Waals surface area contributed by atoms with Crippen LogP contribution in [-0.2, 0) is 17.8 Å². The number of hydrogen-bond acceptors (Lipinski definition) is 4. The second-order valence-electron chi connectivity index (χ2n) is 7.86. The summed E-state index contributed by atoms with van der Waals surface area (Å²) in [7, 11) is 0. The van der Waals surface area contributed by atoms with Crippen molar-refractivity contribution >= 4 is 17.6 Å². The van der Waals surface area contributed by atoms with Gasteiger partial charge in [0.25, 0.3) is 5.91 Å². The highest BCUT2D eigenvalue weighted by Crippen LogP contribution is 2.24. The molecule has 160 valence electrons.